The summed E-state index contributed by atoms with van der Waals surface area (Å²) in [7, 11) is 3.85. The Hall–Kier alpha value is -4.35. The molecule has 2 aromatic rings. The zero-order chi connectivity index (χ0) is 26.9. The van der Waals surface area contributed by atoms with Crippen molar-refractivity contribution in [1.82, 2.24) is 10.2 Å². The maximum absolute atomic E-state index is 11.9. The number of benzene rings is 2. The summed E-state index contributed by atoms with van der Waals surface area (Å²) in [5.41, 5.74) is 2.09. The molecule has 0 fully saturated rings. The van der Waals surface area contributed by atoms with E-state index in [1.165, 1.54) is 33.5 Å². The molecular weight excluding hydrogens is 472 g/mol. The largest absolute Gasteiger partial charge is 0.466 e. The molecule has 1 N–H and O–H groups in total. The van der Waals surface area contributed by atoms with E-state index in [2.05, 4.69) is 21.9 Å². The zero-order valence-electron chi connectivity index (χ0n) is 21.3. The highest BCUT2D eigenvalue weighted by Gasteiger charge is 2.18. The van der Waals surface area contributed by atoms with Crippen LogP contribution in [0.15, 0.2) is 85.1 Å². The maximum atomic E-state index is 11.9. The highest BCUT2D eigenvalue weighted by atomic mass is 16.5. The van der Waals surface area contributed by atoms with Gasteiger partial charge in [-0.1, -0.05) is 66.6 Å². The van der Waals surface area contributed by atoms with Crippen LogP contribution >= 0.6 is 0 Å². The third kappa shape index (κ3) is 11.3. The van der Waals surface area contributed by atoms with Crippen molar-refractivity contribution in [3.05, 3.63) is 96.2 Å². The van der Waals surface area contributed by atoms with E-state index < -0.39 is 30.1 Å². The number of methoxy groups -OCH3 is 3. The number of rotatable bonds is 12. The topological polar surface area (TPSA) is 94.2 Å². The first kappa shape index (κ1) is 28.9. The molecule has 0 aromatic heterocycles. The lowest BCUT2D eigenvalue weighted by Crippen LogP contribution is -2.47. The van der Waals surface area contributed by atoms with Crippen LogP contribution in [-0.4, -0.2) is 62.9 Å². The quantitative estimate of drug-likeness (QED) is 0.118. The molecule has 0 bridgehead atoms. The molecule has 0 saturated heterocycles. The lowest BCUT2D eigenvalue weighted by molar-refractivity contribution is -0.135. The second-order valence-electron chi connectivity index (χ2n) is 7.81. The highest BCUT2D eigenvalue weighted by Crippen LogP contribution is 2.10. The van der Waals surface area contributed by atoms with E-state index in [4.69, 9.17) is 9.47 Å². The number of ether oxygens (including phenoxy) is 3. The zero-order valence-corrected chi connectivity index (χ0v) is 21.3. The number of hydrogen-bond acceptors (Lipinski definition) is 8. The summed E-state index contributed by atoms with van der Waals surface area (Å²) in [6, 6.07) is 19.0. The average Bonchev–Trinajstić information content (AvgIpc) is 2.94. The molecule has 0 aliphatic heterocycles. The summed E-state index contributed by atoms with van der Waals surface area (Å²) < 4.78 is 14.2. The van der Waals surface area contributed by atoms with Crippen molar-refractivity contribution in [2.24, 2.45) is 0 Å². The molecule has 37 heavy (non-hydrogen) atoms. The maximum Gasteiger partial charge on any atom is 0.384 e. The molecule has 0 radical (unpaired) electrons. The van der Waals surface area contributed by atoms with Crippen LogP contribution in [0.2, 0.25) is 0 Å². The number of esters is 3. The van der Waals surface area contributed by atoms with Crippen LogP contribution in [0.1, 0.15) is 11.1 Å². The van der Waals surface area contributed by atoms with Gasteiger partial charge >= 0.3 is 17.9 Å². The van der Waals surface area contributed by atoms with E-state index >= 15 is 0 Å². The fourth-order valence-corrected chi connectivity index (χ4v) is 3.34. The Labute approximate surface area is 217 Å². The van der Waals surface area contributed by atoms with Crippen LogP contribution in [0.4, 0.5) is 0 Å². The summed E-state index contributed by atoms with van der Waals surface area (Å²) in [6.45, 7) is 0.489. The molecule has 2 aromatic carbocycles. The number of hydrogen-bond donors (Lipinski definition) is 1. The lowest BCUT2D eigenvalue weighted by atomic mass is 10.1. The molecular formula is C29H32N2O6. The molecule has 0 heterocycles. The first-order valence-corrected chi connectivity index (χ1v) is 11.7. The van der Waals surface area contributed by atoms with E-state index in [9.17, 15) is 14.4 Å². The minimum absolute atomic E-state index is 0.473. The van der Waals surface area contributed by atoms with Gasteiger partial charge in [0.25, 0.3) is 0 Å². The predicted octanol–water partition coefficient (Wildman–Crippen LogP) is 2.65. The molecule has 0 aliphatic carbocycles. The van der Waals surface area contributed by atoms with Crippen LogP contribution in [0.5, 0.6) is 0 Å². The summed E-state index contributed by atoms with van der Waals surface area (Å²) in [4.78, 5) is 37.4. The minimum Gasteiger partial charge on any atom is -0.466 e. The van der Waals surface area contributed by atoms with Crippen molar-refractivity contribution >= 4 is 17.9 Å². The van der Waals surface area contributed by atoms with Gasteiger partial charge in [0.15, 0.2) is 0 Å². The Morgan fingerprint density at radius 3 is 2.05 bits per heavy atom. The van der Waals surface area contributed by atoms with E-state index in [1.807, 2.05) is 65.6 Å². The van der Waals surface area contributed by atoms with Crippen molar-refractivity contribution in [1.29, 1.82) is 0 Å². The molecule has 0 aliphatic rings. The van der Waals surface area contributed by atoms with Crippen molar-refractivity contribution < 1.29 is 28.6 Å². The molecule has 0 amide bonds. The molecule has 0 spiro atoms. The van der Waals surface area contributed by atoms with E-state index in [0.29, 0.717) is 19.4 Å². The number of nitrogens with zero attached hydrogens (tertiary/aromatic N) is 1. The van der Waals surface area contributed by atoms with Gasteiger partial charge in [-0.05, 0) is 30.0 Å². The SMILES string of the molecule is COC(=O)C#CC(Cc1ccccc1)NC(/C=C/C(=O)OC)N(/C=C/C(=O)OC)CCc1ccccc1. The van der Waals surface area contributed by atoms with Gasteiger partial charge in [-0.2, -0.15) is 0 Å². The van der Waals surface area contributed by atoms with Crippen molar-refractivity contribution in [3.8, 4) is 11.8 Å². The first-order valence-electron chi connectivity index (χ1n) is 11.7. The third-order valence-corrected chi connectivity index (χ3v) is 5.27. The van der Waals surface area contributed by atoms with Crippen molar-refractivity contribution in [2.45, 2.75) is 25.0 Å². The summed E-state index contributed by atoms with van der Waals surface area (Å²) in [5, 5.41) is 3.39. The smallest absolute Gasteiger partial charge is 0.384 e. The Morgan fingerprint density at radius 1 is 0.865 bits per heavy atom. The van der Waals surface area contributed by atoms with Crippen LogP contribution in [0, 0.1) is 11.8 Å². The average molecular weight is 505 g/mol. The van der Waals surface area contributed by atoms with Gasteiger partial charge in [-0.15, -0.1) is 0 Å². The molecule has 0 saturated carbocycles. The van der Waals surface area contributed by atoms with Crippen molar-refractivity contribution in [2.75, 3.05) is 27.9 Å². The summed E-state index contributed by atoms with van der Waals surface area (Å²) in [6.07, 6.45) is 6.36. The number of carbonyl (C=O) groups is 3. The molecule has 2 unspecified atom stereocenters. The second kappa shape index (κ2) is 16.3. The Morgan fingerprint density at radius 2 is 1.46 bits per heavy atom. The van der Waals surface area contributed by atoms with Gasteiger partial charge in [0, 0.05) is 30.8 Å². The Balaban J connectivity index is 2.41. The molecule has 194 valence electrons. The highest BCUT2D eigenvalue weighted by molar-refractivity contribution is 5.88. The third-order valence-electron chi connectivity index (χ3n) is 5.27. The molecule has 8 nitrogen and oxygen atoms in total. The Kier molecular flexibility index (Phi) is 12.8. The van der Waals surface area contributed by atoms with Crippen LogP contribution < -0.4 is 5.32 Å². The second-order valence-corrected chi connectivity index (χ2v) is 7.81. The molecule has 2 rings (SSSR count). The summed E-state index contributed by atoms with van der Waals surface area (Å²) in [5.74, 6) is 3.70. The number of nitrogens with one attached hydrogen (secondary N) is 1. The van der Waals surface area contributed by atoms with Crippen molar-refractivity contribution in [3.63, 3.8) is 0 Å². The summed E-state index contributed by atoms with van der Waals surface area (Å²) >= 11 is 0. The van der Waals surface area contributed by atoms with Gasteiger partial charge in [0.2, 0.25) is 0 Å². The van der Waals surface area contributed by atoms with Gasteiger partial charge in [-0.3, -0.25) is 5.32 Å². The van der Waals surface area contributed by atoms with E-state index in [-0.39, 0.29) is 0 Å². The normalized spacial score (nSPS) is 12.3. The standard InChI is InChI=1S/C29H32N2O6/c1-35-27(32)16-14-25(22-24-12-8-5-9-13-24)30-26(15-17-28(33)36-2)31(21-19-29(34)37-3)20-18-23-10-6-4-7-11-23/h4-13,15,17,19,21,25-26,30H,18,20,22H2,1-3H3/b17-15+,21-19+. The van der Waals surface area contributed by atoms with E-state index in [1.54, 1.807) is 12.3 Å². The monoisotopic (exact) mass is 504 g/mol. The van der Waals surface area contributed by atoms with Gasteiger partial charge < -0.3 is 19.1 Å². The molecule has 2 atom stereocenters. The number of carbonyl (C=O) groups excluding carboxylic acids is 3. The molecule has 8 heteroatoms. The van der Waals surface area contributed by atoms with Gasteiger partial charge in [0.05, 0.1) is 33.5 Å². The fourth-order valence-electron chi connectivity index (χ4n) is 3.34. The van der Waals surface area contributed by atoms with E-state index in [0.717, 1.165) is 11.1 Å². The van der Waals surface area contributed by atoms with Crippen LogP contribution in [0.25, 0.3) is 0 Å². The van der Waals surface area contributed by atoms with Crippen LogP contribution in [0.3, 0.4) is 0 Å². The van der Waals surface area contributed by atoms with Crippen LogP contribution in [-0.2, 0) is 41.4 Å². The van der Waals surface area contributed by atoms with Gasteiger partial charge in [0.1, 0.15) is 0 Å². The minimum atomic E-state index is -0.659. The first-order chi connectivity index (χ1) is 17.9. The predicted molar refractivity (Wildman–Crippen MR) is 140 cm³/mol. The lowest BCUT2D eigenvalue weighted by Gasteiger charge is -2.31. The fraction of sp³-hybridized carbons (Fsp3) is 0.276. The Bertz CT molecular complexity index is 1120. The van der Waals surface area contributed by atoms with Gasteiger partial charge in [-0.25, -0.2) is 14.4 Å².